The van der Waals surface area contributed by atoms with Crippen LogP contribution in [0.2, 0.25) is 0 Å². The van der Waals surface area contributed by atoms with E-state index in [0.29, 0.717) is 12.6 Å². The predicted molar refractivity (Wildman–Crippen MR) is 95.9 cm³/mol. The maximum Gasteiger partial charge on any atom is 0.326 e. The lowest BCUT2D eigenvalue weighted by Gasteiger charge is -2.40. The Labute approximate surface area is 145 Å². The van der Waals surface area contributed by atoms with Gasteiger partial charge in [-0.1, -0.05) is 44.2 Å². The molecule has 0 saturated carbocycles. The van der Waals surface area contributed by atoms with Crippen molar-refractivity contribution < 1.29 is 14.3 Å². The quantitative estimate of drug-likeness (QED) is 0.741. The molecule has 4 nitrogen and oxygen atoms in total. The highest BCUT2D eigenvalue weighted by atomic mass is 16.5. The van der Waals surface area contributed by atoms with Crippen LogP contribution in [0.5, 0.6) is 0 Å². The van der Waals surface area contributed by atoms with Gasteiger partial charge in [0.15, 0.2) is 0 Å². The third-order valence-corrected chi connectivity index (χ3v) is 4.96. The molecule has 4 heteroatoms. The highest BCUT2D eigenvalue weighted by Gasteiger charge is 2.44. The molecule has 24 heavy (non-hydrogen) atoms. The lowest BCUT2D eigenvalue weighted by Crippen LogP contribution is -2.61. The summed E-state index contributed by atoms with van der Waals surface area (Å²) in [5, 5.41) is 3.67. The topological polar surface area (TPSA) is 47.6 Å². The molecule has 0 spiro atoms. The van der Waals surface area contributed by atoms with Crippen molar-refractivity contribution in [3.63, 3.8) is 0 Å². The Morgan fingerprint density at radius 3 is 2.54 bits per heavy atom. The molecule has 1 heterocycles. The Hall–Kier alpha value is -1.39. The number of nitrogens with one attached hydrogen (secondary N) is 1. The van der Waals surface area contributed by atoms with Gasteiger partial charge in [0.05, 0.1) is 6.61 Å². The summed E-state index contributed by atoms with van der Waals surface area (Å²) < 4.78 is 10.9. The largest absolute Gasteiger partial charge is 0.465 e. The first kappa shape index (κ1) is 18.9. The summed E-state index contributed by atoms with van der Waals surface area (Å²) >= 11 is 0. The Kier molecular flexibility index (Phi) is 7.25. The van der Waals surface area contributed by atoms with E-state index in [0.717, 1.165) is 38.9 Å². The number of hydrogen-bond acceptors (Lipinski definition) is 4. The second-order valence-corrected chi connectivity index (χ2v) is 6.86. The minimum Gasteiger partial charge on any atom is -0.465 e. The summed E-state index contributed by atoms with van der Waals surface area (Å²) in [6, 6.07) is 10.6. The number of benzene rings is 1. The van der Waals surface area contributed by atoms with Gasteiger partial charge in [0.2, 0.25) is 0 Å². The van der Waals surface area contributed by atoms with Crippen LogP contribution in [0.25, 0.3) is 0 Å². The number of esters is 1. The fraction of sp³-hybridized carbons (Fsp3) is 0.650. The second-order valence-electron chi connectivity index (χ2n) is 6.86. The standard InChI is InChI=1S/C20H31NO3/c1-4-24-19(22)20(16(2)3,21-18-11-14-23-15-12-18)13-10-17-8-6-5-7-9-17/h5-9,16,18,21H,4,10-15H2,1-3H3. The third kappa shape index (κ3) is 4.81. The number of rotatable bonds is 8. The maximum absolute atomic E-state index is 12.9. The molecular weight excluding hydrogens is 302 g/mol. The first-order chi connectivity index (χ1) is 11.6. The van der Waals surface area contributed by atoms with Crippen molar-refractivity contribution in [2.24, 2.45) is 5.92 Å². The van der Waals surface area contributed by atoms with Gasteiger partial charge in [-0.25, -0.2) is 0 Å². The molecule has 1 N–H and O–H groups in total. The summed E-state index contributed by atoms with van der Waals surface area (Å²) in [5.74, 6) is 0.0329. The number of carbonyl (C=O) groups is 1. The van der Waals surface area contributed by atoms with Crippen molar-refractivity contribution in [2.45, 2.75) is 58.0 Å². The van der Waals surface area contributed by atoms with E-state index in [1.165, 1.54) is 5.56 Å². The molecule has 1 aliphatic heterocycles. The number of ether oxygens (including phenoxy) is 2. The Morgan fingerprint density at radius 2 is 1.96 bits per heavy atom. The molecule has 1 aromatic carbocycles. The van der Waals surface area contributed by atoms with Crippen LogP contribution in [0.1, 0.15) is 45.6 Å². The smallest absolute Gasteiger partial charge is 0.326 e. The Balaban J connectivity index is 2.17. The van der Waals surface area contributed by atoms with E-state index < -0.39 is 5.54 Å². The fourth-order valence-electron chi connectivity index (χ4n) is 3.38. The van der Waals surface area contributed by atoms with E-state index in [1.807, 2.05) is 25.1 Å². The van der Waals surface area contributed by atoms with E-state index in [2.05, 4.69) is 31.3 Å². The van der Waals surface area contributed by atoms with Gasteiger partial charge in [-0.3, -0.25) is 10.1 Å². The van der Waals surface area contributed by atoms with Gasteiger partial charge >= 0.3 is 5.97 Å². The molecule has 0 aliphatic carbocycles. The summed E-state index contributed by atoms with van der Waals surface area (Å²) in [4.78, 5) is 12.9. The monoisotopic (exact) mass is 333 g/mol. The van der Waals surface area contributed by atoms with Crippen molar-refractivity contribution in [1.29, 1.82) is 0 Å². The van der Waals surface area contributed by atoms with Gasteiger partial charge in [0.1, 0.15) is 5.54 Å². The van der Waals surface area contributed by atoms with Gasteiger partial charge < -0.3 is 9.47 Å². The highest BCUT2D eigenvalue weighted by Crippen LogP contribution is 2.28. The Bertz CT molecular complexity index is 497. The van der Waals surface area contributed by atoms with Crippen molar-refractivity contribution in [3.8, 4) is 0 Å². The second kappa shape index (κ2) is 9.19. The lowest BCUT2D eigenvalue weighted by molar-refractivity contribution is -0.154. The summed E-state index contributed by atoms with van der Waals surface area (Å²) in [5.41, 5.74) is 0.606. The first-order valence-electron chi connectivity index (χ1n) is 9.15. The zero-order valence-electron chi connectivity index (χ0n) is 15.2. The third-order valence-electron chi connectivity index (χ3n) is 4.96. The summed E-state index contributed by atoms with van der Waals surface area (Å²) in [6.07, 6.45) is 3.48. The van der Waals surface area contributed by atoms with Gasteiger partial charge in [0.25, 0.3) is 0 Å². The molecule has 0 bridgehead atoms. The molecule has 2 rings (SSSR count). The Morgan fingerprint density at radius 1 is 1.29 bits per heavy atom. The van der Waals surface area contributed by atoms with E-state index in [4.69, 9.17) is 9.47 Å². The molecule has 0 aromatic heterocycles. The molecule has 1 aromatic rings. The average molecular weight is 333 g/mol. The minimum absolute atomic E-state index is 0.123. The number of carbonyl (C=O) groups excluding carboxylic acids is 1. The minimum atomic E-state index is -0.645. The van der Waals surface area contributed by atoms with Gasteiger partial charge in [-0.2, -0.15) is 0 Å². The van der Waals surface area contributed by atoms with Crippen LogP contribution in [0.15, 0.2) is 30.3 Å². The molecule has 1 unspecified atom stereocenters. The molecule has 1 saturated heterocycles. The summed E-state index contributed by atoms with van der Waals surface area (Å²) in [7, 11) is 0. The molecule has 1 atom stereocenters. The van der Waals surface area contributed by atoms with Gasteiger partial charge in [-0.05, 0) is 44.1 Å². The average Bonchev–Trinajstić information content (AvgIpc) is 2.60. The van der Waals surface area contributed by atoms with Crippen molar-refractivity contribution in [3.05, 3.63) is 35.9 Å². The predicted octanol–water partition coefficient (Wildman–Crippen LogP) is 3.35. The van der Waals surface area contributed by atoms with E-state index >= 15 is 0 Å². The molecule has 134 valence electrons. The van der Waals surface area contributed by atoms with Crippen LogP contribution in [0.3, 0.4) is 0 Å². The van der Waals surface area contributed by atoms with Crippen LogP contribution in [0.4, 0.5) is 0 Å². The SMILES string of the molecule is CCOC(=O)C(CCc1ccccc1)(NC1CCOCC1)C(C)C. The molecule has 1 fully saturated rings. The van der Waals surface area contributed by atoms with Crippen LogP contribution in [-0.4, -0.2) is 37.4 Å². The van der Waals surface area contributed by atoms with E-state index in [9.17, 15) is 4.79 Å². The zero-order chi connectivity index (χ0) is 17.4. The van der Waals surface area contributed by atoms with E-state index in [1.54, 1.807) is 0 Å². The number of aryl methyl sites for hydroxylation is 1. The van der Waals surface area contributed by atoms with Crippen molar-refractivity contribution >= 4 is 5.97 Å². The number of hydrogen-bond donors (Lipinski definition) is 1. The molecule has 0 radical (unpaired) electrons. The zero-order valence-corrected chi connectivity index (χ0v) is 15.2. The van der Waals surface area contributed by atoms with Crippen molar-refractivity contribution in [2.75, 3.05) is 19.8 Å². The normalized spacial score (nSPS) is 18.3. The van der Waals surface area contributed by atoms with E-state index in [-0.39, 0.29) is 11.9 Å². The lowest BCUT2D eigenvalue weighted by atomic mass is 9.80. The molecular formula is C20H31NO3. The van der Waals surface area contributed by atoms with Crippen LogP contribution < -0.4 is 5.32 Å². The fourth-order valence-corrected chi connectivity index (χ4v) is 3.38. The molecule has 1 aliphatic rings. The van der Waals surface area contributed by atoms with Crippen LogP contribution in [-0.2, 0) is 20.7 Å². The first-order valence-corrected chi connectivity index (χ1v) is 9.15. The van der Waals surface area contributed by atoms with Crippen LogP contribution in [0, 0.1) is 5.92 Å². The summed E-state index contributed by atoms with van der Waals surface area (Å²) in [6.45, 7) is 8.01. The van der Waals surface area contributed by atoms with Crippen molar-refractivity contribution in [1.82, 2.24) is 5.32 Å². The molecule has 0 amide bonds. The highest BCUT2D eigenvalue weighted by molar-refractivity contribution is 5.81. The van der Waals surface area contributed by atoms with Crippen LogP contribution >= 0.6 is 0 Å². The van der Waals surface area contributed by atoms with Gasteiger partial charge in [0, 0.05) is 19.3 Å². The van der Waals surface area contributed by atoms with Gasteiger partial charge in [-0.15, -0.1) is 0 Å². The maximum atomic E-state index is 12.9.